The number of rotatable bonds is 1. The van der Waals surface area contributed by atoms with Crippen LogP contribution in [0.3, 0.4) is 0 Å². The molecule has 1 aliphatic rings. The Bertz CT molecular complexity index is 112. The largest absolute Gasteiger partial charge is 0.314 e. The molecule has 0 heterocycles. The summed E-state index contributed by atoms with van der Waals surface area (Å²) in [5, 5.41) is 3.21. The Hall–Kier alpha value is -0.630. The van der Waals surface area contributed by atoms with E-state index in [1.54, 1.807) is 0 Å². The highest BCUT2D eigenvalue weighted by atomic mass is 16.1. The van der Waals surface area contributed by atoms with Crippen LogP contribution in [-0.2, 0) is 4.79 Å². The lowest BCUT2D eigenvalue weighted by molar-refractivity contribution is -0.0979. The second kappa shape index (κ2) is 5.18. The first-order valence-electron chi connectivity index (χ1n) is 3.47. The quantitative estimate of drug-likeness (QED) is 0.552. The van der Waals surface area contributed by atoms with Gasteiger partial charge in [0.25, 0.3) is 0 Å². The molecular weight excluding hydrogens is 126 g/mol. The molecule has 0 saturated heterocycles. The molecule has 0 amide bonds. The number of likely N-dealkylation sites (N-methyl/N-ethyl adjacent to an activating group) is 1. The molecule has 0 fully saturated rings. The maximum absolute atomic E-state index is 8.00. The van der Waals surface area contributed by atoms with Crippen molar-refractivity contribution < 1.29 is 4.79 Å². The summed E-state index contributed by atoms with van der Waals surface area (Å²) in [6, 6.07) is 0.644. The molecule has 1 rings (SSSR count). The average Bonchev–Trinajstić information content (AvgIpc) is 2.40. The van der Waals surface area contributed by atoms with Gasteiger partial charge in [0.05, 0.1) is 0 Å². The topological polar surface area (TPSA) is 29.1 Å². The first-order chi connectivity index (χ1) is 4.83. The fourth-order valence-corrected chi connectivity index (χ4v) is 1.10. The molecule has 0 radical (unpaired) electrons. The maximum atomic E-state index is 8.00. The molecule has 2 atom stereocenters. The third-order valence-electron chi connectivity index (χ3n) is 1.67. The highest BCUT2D eigenvalue weighted by Gasteiger charge is 2.11. The zero-order valence-electron chi connectivity index (χ0n) is 6.63. The monoisotopic (exact) mass is 141 g/mol. The van der Waals surface area contributed by atoms with Gasteiger partial charge in [-0.2, -0.15) is 0 Å². The van der Waals surface area contributed by atoms with Crippen LogP contribution in [0, 0.1) is 5.92 Å². The van der Waals surface area contributed by atoms with Crippen molar-refractivity contribution in [2.45, 2.75) is 19.4 Å². The zero-order chi connectivity index (χ0) is 7.98. The Morgan fingerprint density at radius 1 is 1.50 bits per heavy atom. The van der Waals surface area contributed by atoms with Gasteiger partial charge in [0, 0.05) is 6.04 Å². The number of hydrogen-bond donors (Lipinski definition) is 1. The van der Waals surface area contributed by atoms with Crippen molar-refractivity contribution in [3.05, 3.63) is 12.2 Å². The molecule has 1 aliphatic carbocycles. The van der Waals surface area contributed by atoms with E-state index < -0.39 is 0 Å². The summed E-state index contributed by atoms with van der Waals surface area (Å²) in [6.07, 6.45) is 5.78. The van der Waals surface area contributed by atoms with Gasteiger partial charge in [-0.1, -0.05) is 19.1 Å². The van der Waals surface area contributed by atoms with E-state index in [4.69, 9.17) is 4.79 Å². The predicted octanol–water partition coefficient (Wildman–Crippen LogP) is 0.986. The van der Waals surface area contributed by atoms with Crippen molar-refractivity contribution >= 4 is 6.79 Å². The van der Waals surface area contributed by atoms with E-state index in [1.807, 2.05) is 13.8 Å². The predicted molar refractivity (Wildman–Crippen MR) is 42.9 cm³/mol. The lowest BCUT2D eigenvalue weighted by atomic mass is 10.1. The first-order valence-corrected chi connectivity index (χ1v) is 3.47. The van der Waals surface area contributed by atoms with Gasteiger partial charge in [-0.3, -0.25) is 0 Å². The zero-order valence-corrected chi connectivity index (χ0v) is 6.63. The summed E-state index contributed by atoms with van der Waals surface area (Å²) in [5.74, 6) is 0.785. The highest BCUT2D eigenvalue weighted by Crippen LogP contribution is 2.15. The number of allylic oxidation sites excluding steroid dienone is 1. The summed E-state index contributed by atoms with van der Waals surface area (Å²) in [7, 11) is 2.01. The van der Waals surface area contributed by atoms with Crippen LogP contribution in [0.25, 0.3) is 0 Å². The highest BCUT2D eigenvalue weighted by molar-refractivity contribution is 5.11. The summed E-state index contributed by atoms with van der Waals surface area (Å²) >= 11 is 0. The average molecular weight is 141 g/mol. The third-order valence-corrected chi connectivity index (χ3v) is 1.67. The number of carbonyl (C=O) groups is 1. The molecule has 1 unspecified atom stereocenters. The van der Waals surface area contributed by atoms with Crippen molar-refractivity contribution in [2.24, 2.45) is 5.92 Å². The van der Waals surface area contributed by atoms with E-state index in [0.717, 1.165) is 5.92 Å². The lowest BCUT2D eigenvalue weighted by Gasteiger charge is -2.04. The van der Waals surface area contributed by atoms with Crippen LogP contribution in [0.1, 0.15) is 13.3 Å². The minimum absolute atomic E-state index is 0.644. The molecule has 2 nitrogen and oxygen atoms in total. The van der Waals surface area contributed by atoms with Gasteiger partial charge < -0.3 is 10.1 Å². The molecule has 0 saturated carbocycles. The van der Waals surface area contributed by atoms with Crippen molar-refractivity contribution in [2.75, 3.05) is 7.05 Å². The van der Waals surface area contributed by atoms with Crippen LogP contribution in [-0.4, -0.2) is 19.9 Å². The van der Waals surface area contributed by atoms with Gasteiger partial charge in [-0.05, 0) is 19.4 Å². The van der Waals surface area contributed by atoms with Crippen molar-refractivity contribution in [1.29, 1.82) is 0 Å². The van der Waals surface area contributed by atoms with Crippen LogP contribution >= 0.6 is 0 Å². The molecule has 10 heavy (non-hydrogen) atoms. The molecule has 0 aromatic carbocycles. The maximum Gasteiger partial charge on any atom is 0.106 e. The van der Waals surface area contributed by atoms with Gasteiger partial charge in [0.15, 0.2) is 0 Å². The lowest BCUT2D eigenvalue weighted by Crippen LogP contribution is -2.20. The SMILES string of the molecule is C=O.CNC1C=C[C@@H](C)C1. The van der Waals surface area contributed by atoms with Crippen LogP contribution in [0.4, 0.5) is 0 Å². The Kier molecular flexibility index (Phi) is 4.85. The van der Waals surface area contributed by atoms with E-state index in [2.05, 4.69) is 24.4 Å². The molecular formula is C8H15NO. The van der Waals surface area contributed by atoms with Crippen LogP contribution in [0.2, 0.25) is 0 Å². The Morgan fingerprint density at radius 3 is 2.30 bits per heavy atom. The van der Waals surface area contributed by atoms with E-state index >= 15 is 0 Å². The molecule has 2 heteroatoms. The smallest absolute Gasteiger partial charge is 0.106 e. The third kappa shape index (κ3) is 2.78. The number of nitrogens with one attached hydrogen (secondary N) is 1. The van der Waals surface area contributed by atoms with Crippen LogP contribution in [0.15, 0.2) is 12.2 Å². The van der Waals surface area contributed by atoms with Gasteiger partial charge in [-0.25, -0.2) is 0 Å². The second-order valence-corrected chi connectivity index (χ2v) is 2.49. The first kappa shape index (κ1) is 9.37. The normalized spacial score (nSPS) is 29.4. The summed E-state index contributed by atoms with van der Waals surface area (Å²) in [5.41, 5.74) is 0. The molecule has 0 aliphatic heterocycles. The molecule has 0 aromatic rings. The summed E-state index contributed by atoms with van der Waals surface area (Å²) in [6.45, 7) is 4.24. The van der Waals surface area contributed by atoms with Gasteiger partial charge >= 0.3 is 0 Å². The van der Waals surface area contributed by atoms with E-state index in [1.165, 1.54) is 6.42 Å². The Labute approximate surface area is 62.3 Å². The standard InChI is InChI=1S/C7H13N.CH2O/c1-6-3-4-7(5-6)8-2;1-2/h3-4,6-8H,5H2,1-2H3;1H2/t6-,7?;/m1./s1. The molecule has 0 aromatic heterocycles. The molecule has 0 spiro atoms. The van der Waals surface area contributed by atoms with Gasteiger partial charge in [0.1, 0.15) is 6.79 Å². The summed E-state index contributed by atoms with van der Waals surface area (Å²) < 4.78 is 0. The second-order valence-electron chi connectivity index (χ2n) is 2.49. The van der Waals surface area contributed by atoms with Gasteiger partial charge in [-0.15, -0.1) is 0 Å². The fourth-order valence-electron chi connectivity index (χ4n) is 1.10. The fraction of sp³-hybridized carbons (Fsp3) is 0.625. The van der Waals surface area contributed by atoms with E-state index in [-0.39, 0.29) is 0 Å². The summed E-state index contributed by atoms with van der Waals surface area (Å²) in [4.78, 5) is 8.00. The van der Waals surface area contributed by atoms with Crippen molar-refractivity contribution in [1.82, 2.24) is 5.32 Å². The minimum Gasteiger partial charge on any atom is -0.314 e. The van der Waals surface area contributed by atoms with E-state index in [0.29, 0.717) is 6.04 Å². The van der Waals surface area contributed by atoms with Crippen molar-refractivity contribution in [3.63, 3.8) is 0 Å². The molecule has 0 bridgehead atoms. The Morgan fingerprint density at radius 2 is 2.10 bits per heavy atom. The van der Waals surface area contributed by atoms with Gasteiger partial charge in [0.2, 0.25) is 0 Å². The van der Waals surface area contributed by atoms with Crippen LogP contribution < -0.4 is 5.32 Å². The molecule has 58 valence electrons. The number of carbonyl (C=O) groups excluding carboxylic acids is 1. The van der Waals surface area contributed by atoms with Crippen LogP contribution in [0.5, 0.6) is 0 Å². The van der Waals surface area contributed by atoms with E-state index in [9.17, 15) is 0 Å². The minimum atomic E-state index is 0.644. The van der Waals surface area contributed by atoms with Crippen molar-refractivity contribution in [3.8, 4) is 0 Å². The number of hydrogen-bond acceptors (Lipinski definition) is 2. The Balaban J connectivity index is 0.000000371. The molecule has 1 N–H and O–H groups in total.